The third kappa shape index (κ3) is 7.39. The molecule has 0 atom stereocenters. The number of aryl methyl sites for hydroxylation is 2. The van der Waals surface area contributed by atoms with Crippen LogP contribution in [0.25, 0.3) is 5.69 Å². The fourth-order valence-electron chi connectivity index (χ4n) is 4.46. The summed E-state index contributed by atoms with van der Waals surface area (Å²) in [4.78, 5) is 12.6. The summed E-state index contributed by atoms with van der Waals surface area (Å²) in [6.45, 7) is 4.49. The quantitative estimate of drug-likeness (QED) is 0.114. The highest BCUT2D eigenvalue weighted by Crippen LogP contribution is 2.37. The van der Waals surface area contributed by atoms with E-state index in [4.69, 9.17) is 53.4 Å². The number of ether oxygens (including phenoxy) is 3. The molecule has 0 radical (unpaired) electrons. The summed E-state index contributed by atoms with van der Waals surface area (Å²) in [5, 5.41) is 5.21. The fraction of sp³-hybridized carbons (Fsp3) is 0.152. The van der Waals surface area contributed by atoms with E-state index in [0.29, 0.717) is 43.6 Å². The Balaban J connectivity index is 1.15. The monoisotopic (exact) mass is 651 g/mol. The number of nitrogens with zero attached hydrogens (tertiary/aromatic N) is 2. The van der Waals surface area contributed by atoms with Crippen LogP contribution < -0.4 is 19.6 Å². The van der Waals surface area contributed by atoms with E-state index in [1.807, 2.05) is 24.3 Å². The lowest BCUT2D eigenvalue weighted by atomic mass is 10.2. The standard InChI is InChI=1S/C33H28Cl3N3O5/c1-20-4-5-21(2)39(20)24-7-9-25(10-8-24)42-19-26-11-13-30(44-26)33(40)38-37-17-23-15-29(36)32(31(16-23)41-3)43-18-22-6-12-27(34)28(35)14-22/h4-17H,18-19H2,1-3H3,(H,38,40)/b37-17+. The number of amides is 1. The number of benzene rings is 3. The summed E-state index contributed by atoms with van der Waals surface area (Å²) >= 11 is 18.5. The number of carbonyl (C=O) groups is 1. The summed E-state index contributed by atoms with van der Waals surface area (Å²) in [5.74, 6) is 1.50. The molecule has 0 aliphatic heterocycles. The van der Waals surface area contributed by atoms with Crippen molar-refractivity contribution in [3.05, 3.63) is 128 Å². The molecule has 0 saturated carbocycles. The minimum absolute atomic E-state index is 0.0938. The van der Waals surface area contributed by atoms with Crippen LogP contribution in [-0.4, -0.2) is 23.8 Å². The van der Waals surface area contributed by atoms with Gasteiger partial charge in [-0.3, -0.25) is 4.79 Å². The number of furan rings is 1. The van der Waals surface area contributed by atoms with Crippen LogP contribution in [0.15, 0.2) is 88.4 Å². The molecule has 5 rings (SSSR count). The maximum atomic E-state index is 12.6. The minimum atomic E-state index is -0.519. The number of hydrogen-bond acceptors (Lipinski definition) is 6. The molecule has 11 heteroatoms. The molecule has 0 aliphatic rings. The Morgan fingerprint density at radius 2 is 1.61 bits per heavy atom. The van der Waals surface area contributed by atoms with Crippen molar-refractivity contribution in [2.24, 2.45) is 5.10 Å². The summed E-state index contributed by atoms with van der Waals surface area (Å²) in [7, 11) is 1.50. The molecule has 0 bridgehead atoms. The van der Waals surface area contributed by atoms with Crippen LogP contribution in [-0.2, 0) is 13.2 Å². The van der Waals surface area contributed by atoms with Crippen LogP contribution in [0.4, 0.5) is 0 Å². The fourth-order valence-corrected chi connectivity index (χ4v) is 5.05. The van der Waals surface area contributed by atoms with Gasteiger partial charge >= 0.3 is 5.91 Å². The first-order valence-corrected chi connectivity index (χ1v) is 14.6. The van der Waals surface area contributed by atoms with E-state index in [9.17, 15) is 4.79 Å². The maximum Gasteiger partial charge on any atom is 0.307 e. The number of aromatic nitrogens is 1. The zero-order valence-corrected chi connectivity index (χ0v) is 26.3. The van der Waals surface area contributed by atoms with Crippen molar-refractivity contribution < 1.29 is 23.4 Å². The average molecular weight is 653 g/mol. The van der Waals surface area contributed by atoms with Crippen molar-refractivity contribution in [2.75, 3.05) is 7.11 Å². The molecule has 1 N–H and O–H groups in total. The number of hydrazone groups is 1. The van der Waals surface area contributed by atoms with Crippen molar-refractivity contribution in [3.63, 3.8) is 0 Å². The van der Waals surface area contributed by atoms with E-state index in [2.05, 4.69) is 41.1 Å². The summed E-state index contributed by atoms with van der Waals surface area (Å²) in [5.41, 5.74) is 7.21. The first-order chi connectivity index (χ1) is 21.2. The molecule has 0 fully saturated rings. The number of hydrogen-bond donors (Lipinski definition) is 1. The van der Waals surface area contributed by atoms with Gasteiger partial charge < -0.3 is 23.2 Å². The number of methoxy groups -OCH3 is 1. The average Bonchev–Trinajstić information content (AvgIpc) is 3.63. The van der Waals surface area contributed by atoms with Crippen LogP contribution >= 0.6 is 34.8 Å². The molecule has 44 heavy (non-hydrogen) atoms. The third-order valence-corrected chi connectivity index (χ3v) is 7.65. The molecular weight excluding hydrogens is 625 g/mol. The number of rotatable bonds is 11. The van der Waals surface area contributed by atoms with Gasteiger partial charge in [-0.25, -0.2) is 5.43 Å². The predicted octanol–water partition coefficient (Wildman–Crippen LogP) is 8.58. The van der Waals surface area contributed by atoms with Crippen LogP contribution in [0, 0.1) is 13.8 Å². The van der Waals surface area contributed by atoms with Gasteiger partial charge in [0.1, 0.15) is 24.7 Å². The zero-order chi connectivity index (χ0) is 31.2. The summed E-state index contributed by atoms with van der Waals surface area (Å²) in [6, 6.07) is 23.7. The zero-order valence-electron chi connectivity index (χ0n) is 24.1. The minimum Gasteiger partial charge on any atom is -0.493 e. The Morgan fingerprint density at radius 3 is 2.32 bits per heavy atom. The van der Waals surface area contributed by atoms with Gasteiger partial charge in [-0.05, 0) is 97.8 Å². The molecule has 2 aromatic heterocycles. The topological polar surface area (TPSA) is 87.2 Å². The molecule has 2 heterocycles. The molecule has 0 unspecified atom stereocenters. The van der Waals surface area contributed by atoms with Crippen molar-refractivity contribution in [1.82, 2.24) is 9.99 Å². The second kappa shape index (κ2) is 13.9. The number of halogens is 3. The lowest BCUT2D eigenvalue weighted by molar-refractivity contribution is 0.0923. The Labute approximate surface area is 269 Å². The Kier molecular flexibility index (Phi) is 9.85. The van der Waals surface area contributed by atoms with Gasteiger partial charge in [0.2, 0.25) is 0 Å². The van der Waals surface area contributed by atoms with Gasteiger partial charge in [0.05, 0.1) is 28.4 Å². The van der Waals surface area contributed by atoms with Crippen LogP contribution in [0.2, 0.25) is 15.1 Å². The first-order valence-electron chi connectivity index (χ1n) is 13.5. The van der Waals surface area contributed by atoms with Gasteiger partial charge in [-0.2, -0.15) is 5.10 Å². The van der Waals surface area contributed by atoms with Crippen molar-refractivity contribution in [3.8, 4) is 22.9 Å². The molecule has 0 spiro atoms. The lowest BCUT2D eigenvalue weighted by Gasteiger charge is -2.13. The maximum absolute atomic E-state index is 12.6. The highest BCUT2D eigenvalue weighted by molar-refractivity contribution is 6.42. The largest absolute Gasteiger partial charge is 0.493 e. The van der Waals surface area contributed by atoms with Crippen molar-refractivity contribution >= 4 is 46.9 Å². The van der Waals surface area contributed by atoms with Crippen LogP contribution in [0.1, 0.15) is 38.8 Å². The van der Waals surface area contributed by atoms with Crippen LogP contribution in [0.5, 0.6) is 17.2 Å². The number of nitrogens with one attached hydrogen (secondary N) is 1. The molecule has 1 amide bonds. The smallest absolute Gasteiger partial charge is 0.307 e. The SMILES string of the molecule is COc1cc(/C=N/NC(=O)c2ccc(COc3ccc(-n4c(C)ccc4C)cc3)o2)cc(Cl)c1OCc1ccc(Cl)c(Cl)c1. The van der Waals surface area contributed by atoms with E-state index < -0.39 is 5.91 Å². The van der Waals surface area contributed by atoms with E-state index in [-0.39, 0.29) is 19.0 Å². The van der Waals surface area contributed by atoms with E-state index in [1.54, 1.807) is 42.5 Å². The Morgan fingerprint density at radius 1 is 0.864 bits per heavy atom. The van der Waals surface area contributed by atoms with Gasteiger partial charge in [0.25, 0.3) is 0 Å². The van der Waals surface area contributed by atoms with Gasteiger partial charge in [0.15, 0.2) is 17.3 Å². The molecule has 5 aromatic rings. The molecule has 0 saturated heterocycles. The molecule has 0 aliphatic carbocycles. The van der Waals surface area contributed by atoms with Gasteiger partial charge in [-0.15, -0.1) is 0 Å². The Hall–Kier alpha value is -4.37. The summed E-state index contributed by atoms with van der Waals surface area (Å²) < 4.78 is 25.0. The van der Waals surface area contributed by atoms with Crippen LogP contribution in [0.3, 0.4) is 0 Å². The summed E-state index contributed by atoms with van der Waals surface area (Å²) in [6.07, 6.45) is 1.43. The lowest BCUT2D eigenvalue weighted by Crippen LogP contribution is -2.16. The Bertz CT molecular complexity index is 1790. The van der Waals surface area contributed by atoms with E-state index >= 15 is 0 Å². The molecule has 226 valence electrons. The van der Waals surface area contributed by atoms with Gasteiger partial charge in [-0.1, -0.05) is 40.9 Å². The third-order valence-electron chi connectivity index (χ3n) is 6.63. The first kappa shape index (κ1) is 31.1. The predicted molar refractivity (Wildman–Crippen MR) is 172 cm³/mol. The van der Waals surface area contributed by atoms with Gasteiger partial charge in [0, 0.05) is 17.1 Å². The molecule has 8 nitrogen and oxygen atoms in total. The van der Waals surface area contributed by atoms with Crippen molar-refractivity contribution in [1.29, 1.82) is 0 Å². The highest BCUT2D eigenvalue weighted by atomic mass is 35.5. The highest BCUT2D eigenvalue weighted by Gasteiger charge is 2.14. The second-order valence-corrected chi connectivity index (χ2v) is 11.0. The normalized spacial score (nSPS) is 11.1. The second-order valence-electron chi connectivity index (χ2n) is 9.77. The number of carbonyl (C=O) groups excluding carboxylic acids is 1. The van der Waals surface area contributed by atoms with E-state index in [1.165, 1.54) is 13.3 Å². The molecule has 3 aromatic carbocycles. The van der Waals surface area contributed by atoms with E-state index in [0.717, 1.165) is 22.6 Å². The van der Waals surface area contributed by atoms with Crippen molar-refractivity contribution in [2.45, 2.75) is 27.1 Å². The molecular formula is C33H28Cl3N3O5.